The summed E-state index contributed by atoms with van der Waals surface area (Å²) in [4.78, 5) is 22.7. The quantitative estimate of drug-likeness (QED) is 0.666. The first kappa shape index (κ1) is 9.65. The fraction of sp³-hybridized carbons (Fsp3) is 0.167. The molecular weight excluding hydrogens is 192 g/mol. The maximum Gasteiger partial charge on any atom is 0.195 e. The molecule has 1 heterocycles. The average Bonchev–Trinajstić information content (AvgIpc) is 2.18. The molecule has 0 bridgehead atoms. The molecule has 0 aliphatic heterocycles. The van der Waals surface area contributed by atoms with E-state index in [0.717, 1.165) is 5.56 Å². The van der Waals surface area contributed by atoms with Gasteiger partial charge in [0.25, 0.3) is 0 Å². The van der Waals surface area contributed by atoms with Gasteiger partial charge in [0, 0.05) is 13.0 Å². The monoisotopic (exact) mass is 202 g/mol. The lowest BCUT2D eigenvalue weighted by molar-refractivity contribution is 0.0988. The highest BCUT2D eigenvalue weighted by Crippen LogP contribution is 2.14. The van der Waals surface area contributed by atoms with Gasteiger partial charge in [0.2, 0.25) is 0 Å². The van der Waals surface area contributed by atoms with E-state index in [1.807, 2.05) is 13.0 Å². The van der Waals surface area contributed by atoms with Gasteiger partial charge in [-0.05, 0) is 19.1 Å². The van der Waals surface area contributed by atoms with Crippen LogP contribution in [0.5, 0.6) is 0 Å². The molecule has 0 aliphatic carbocycles. The summed E-state index contributed by atoms with van der Waals surface area (Å²) in [7, 11) is 0. The normalized spacial score (nSPS) is 10.5. The van der Waals surface area contributed by atoms with E-state index in [4.69, 9.17) is 4.42 Å². The highest BCUT2D eigenvalue weighted by molar-refractivity contribution is 5.92. The van der Waals surface area contributed by atoms with Gasteiger partial charge in [-0.15, -0.1) is 0 Å². The second-order valence-electron chi connectivity index (χ2n) is 3.53. The fourth-order valence-corrected chi connectivity index (χ4v) is 1.44. The first-order valence-electron chi connectivity index (χ1n) is 4.63. The Hall–Kier alpha value is -1.90. The molecule has 0 amide bonds. The minimum absolute atomic E-state index is 0.108. The first-order valence-corrected chi connectivity index (χ1v) is 4.63. The maximum atomic E-state index is 11.6. The van der Waals surface area contributed by atoms with Crippen molar-refractivity contribution in [2.45, 2.75) is 13.8 Å². The molecule has 0 saturated carbocycles. The number of ketones is 1. The largest absolute Gasteiger partial charge is 0.453 e. The molecule has 76 valence electrons. The zero-order valence-corrected chi connectivity index (χ0v) is 8.53. The van der Waals surface area contributed by atoms with Crippen molar-refractivity contribution in [2.24, 2.45) is 0 Å². The molecule has 0 spiro atoms. The Morgan fingerprint density at radius 3 is 2.67 bits per heavy atom. The van der Waals surface area contributed by atoms with Gasteiger partial charge in [-0.2, -0.15) is 0 Å². The number of hydrogen-bond donors (Lipinski definition) is 0. The molecule has 2 aromatic rings. The van der Waals surface area contributed by atoms with Crippen LogP contribution in [0.15, 0.2) is 33.5 Å². The summed E-state index contributed by atoms with van der Waals surface area (Å²) in [5.41, 5.74) is 1.27. The van der Waals surface area contributed by atoms with Gasteiger partial charge in [-0.1, -0.05) is 11.6 Å². The summed E-state index contributed by atoms with van der Waals surface area (Å²) in [5, 5.41) is 0.514. The number of fused-ring (bicyclic) bond motifs is 1. The third kappa shape index (κ3) is 1.68. The Balaban J connectivity index is 2.84. The molecule has 0 radical (unpaired) electrons. The Labute approximate surface area is 86.3 Å². The van der Waals surface area contributed by atoms with E-state index in [0.29, 0.717) is 11.0 Å². The minimum Gasteiger partial charge on any atom is -0.453 e. The van der Waals surface area contributed by atoms with E-state index >= 15 is 0 Å². The molecule has 3 heteroatoms. The standard InChI is InChI=1S/C12H10O3/c1-7-3-4-11-9(5-7)10(14)6-12(15-11)8(2)13/h3-6H,1-2H3. The molecule has 15 heavy (non-hydrogen) atoms. The number of carbonyl (C=O) groups is 1. The molecule has 2 rings (SSSR count). The molecule has 0 fully saturated rings. The SMILES string of the molecule is CC(=O)c1cc(=O)c2cc(C)ccc2o1. The number of rotatable bonds is 1. The maximum absolute atomic E-state index is 11.6. The summed E-state index contributed by atoms with van der Waals surface area (Å²) >= 11 is 0. The van der Waals surface area contributed by atoms with Crippen LogP contribution in [0.2, 0.25) is 0 Å². The highest BCUT2D eigenvalue weighted by Gasteiger charge is 2.07. The molecule has 0 unspecified atom stereocenters. The molecule has 3 nitrogen and oxygen atoms in total. The van der Waals surface area contributed by atoms with E-state index in [1.165, 1.54) is 13.0 Å². The zero-order valence-electron chi connectivity index (χ0n) is 8.53. The van der Waals surface area contributed by atoms with Crippen molar-refractivity contribution in [1.82, 2.24) is 0 Å². The van der Waals surface area contributed by atoms with Crippen molar-refractivity contribution in [3.8, 4) is 0 Å². The summed E-state index contributed by atoms with van der Waals surface area (Å²) in [6, 6.07) is 6.54. The van der Waals surface area contributed by atoms with Crippen LogP contribution in [0.1, 0.15) is 23.0 Å². The molecule has 0 saturated heterocycles. The summed E-state index contributed by atoms with van der Waals surface area (Å²) in [6.45, 7) is 3.27. The van der Waals surface area contributed by atoms with Gasteiger partial charge in [0.15, 0.2) is 17.0 Å². The van der Waals surface area contributed by atoms with Crippen LogP contribution in [0.4, 0.5) is 0 Å². The highest BCUT2D eigenvalue weighted by atomic mass is 16.3. The van der Waals surface area contributed by atoms with E-state index < -0.39 is 0 Å². The van der Waals surface area contributed by atoms with E-state index in [1.54, 1.807) is 12.1 Å². The number of aryl methyl sites for hydroxylation is 1. The van der Waals surface area contributed by atoms with Gasteiger partial charge >= 0.3 is 0 Å². The lowest BCUT2D eigenvalue weighted by Gasteiger charge is -2.00. The van der Waals surface area contributed by atoms with Crippen LogP contribution in [-0.2, 0) is 0 Å². The zero-order chi connectivity index (χ0) is 11.0. The molecule has 1 aromatic heterocycles. The molecular formula is C12H10O3. The summed E-state index contributed by atoms with van der Waals surface area (Å²) < 4.78 is 5.31. The Morgan fingerprint density at radius 1 is 1.27 bits per heavy atom. The number of benzene rings is 1. The predicted molar refractivity (Wildman–Crippen MR) is 57.2 cm³/mol. The number of Topliss-reactive ketones (excluding diaryl/α,β-unsaturated/α-hetero) is 1. The van der Waals surface area contributed by atoms with E-state index in [9.17, 15) is 9.59 Å². The lowest BCUT2D eigenvalue weighted by Crippen LogP contribution is -2.04. The lowest BCUT2D eigenvalue weighted by atomic mass is 10.1. The first-order chi connectivity index (χ1) is 7.08. The second kappa shape index (κ2) is 3.35. The number of hydrogen-bond acceptors (Lipinski definition) is 3. The Morgan fingerprint density at radius 2 is 2.00 bits per heavy atom. The number of carbonyl (C=O) groups excluding carboxylic acids is 1. The fourth-order valence-electron chi connectivity index (χ4n) is 1.44. The second-order valence-corrected chi connectivity index (χ2v) is 3.53. The van der Waals surface area contributed by atoms with Gasteiger partial charge in [0.05, 0.1) is 5.39 Å². The van der Waals surface area contributed by atoms with Crippen LogP contribution < -0.4 is 5.43 Å². The van der Waals surface area contributed by atoms with Crippen molar-refractivity contribution >= 4 is 16.8 Å². The van der Waals surface area contributed by atoms with Crippen LogP contribution in [0, 0.1) is 6.92 Å². The smallest absolute Gasteiger partial charge is 0.195 e. The van der Waals surface area contributed by atoms with Crippen molar-refractivity contribution in [1.29, 1.82) is 0 Å². The van der Waals surface area contributed by atoms with E-state index in [-0.39, 0.29) is 17.0 Å². The third-order valence-corrected chi connectivity index (χ3v) is 2.23. The minimum atomic E-state index is -0.241. The van der Waals surface area contributed by atoms with Gasteiger partial charge in [-0.25, -0.2) is 0 Å². The van der Waals surface area contributed by atoms with Gasteiger partial charge < -0.3 is 4.42 Å². The van der Waals surface area contributed by atoms with Crippen LogP contribution >= 0.6 is 0 Å². The predicted octanol–water partition coefficient (Wildman–Crippen LogP) is 2.30. The summed E-state index contributed by atoms with van der Waals surface area (Å²) in [6.07, 6.45) is 0. The summed E-state index contributed by atoms with van der Waals surface area (Å²) in [5.74, 6) is -0.133. The van der Waals surface area contributed by atoms with Crippen LogP contribution in [-0.4, -0.2) is 5.78 Å². The van der Waals surface area contributed by atoms with Crippen molar-refractivity contribution in [3.05, 3.63) is 45.8 Å². The topological polar surface area (TPSA) is 47.3 Å². The molecule has 0 N–H and O–H groups in total. The van der Waals surface area contributed by atoms with Gasteiger partial charge in [-0.3, -0.25) is 9.59 Å². The van der Waals surface area contributed by atoms with Crippen molar-refractivity contribution in [3.63, 3.8) is 0 Å². The van der Waals surface area contributed by atoms with Crippen LogP contribution in [0.25, 0.3) is 11.0 Å². The van der Waals surface area contributed by atoms with E-state index in [2.05, 4.69) is 0 Å². The Bertz CT molecular complexity index is 593. The average molecular weight is 202 g/mol. The third-order valence-electron chi connectivity index (χ3n) is 2.23. The van der Waals surface area contributed by atoms with Crippen molar-refractivity contribution in [2.75, 3.05) is 0 Å². The van der Waals surface area contributed by atoms with Crippen LogP contribution in [0.3, 0.4) is 0 Å². The van der Waals surface area contributed by atoms with Crippen molar-refractivity contribution < 1.29 is 9.21 Å². The molecule has 0 atom stereocenters. The Kier molecular flexibility index (Phi) is 2.15. The molecule has 0 aliphatic rings. The molecule has 1 aromatic carbocycles. The van der Waals surface area contributed by atoms with Gasteiger partial charge in [0.1, 0.15) is 5.58 Å².